The first-order valence-corrected chi connectivity index (χ1v) is 6.59. The highest BCUT2D eigenvalue weighted by Gasteiger charge is 2.26. The van der Waals surface area contributed by atoms with Crippen molar-refractivity contribution in [2.24, 2.45) is 5.92 Å². The molecule has 0 aliphatic heterocycles. The van der Waals surface area contributed by atoms with Gasteiger partial charge in [-0.15, -0.1) is 0 Å². The second kappa shape index (κ2) is 5.28. The molecule has 1 atom stereocenters. The van der Waals surface area contributed by atoms with Crippen molar-refractivity contribution in [3.8, 4) is 0 Å². The van der Waals surface area contributed by atoms with Gasteiger partial charge in [0.05, 0.1) is 16.1 Å². The SMILES string of the molecule is C[C@@H](NC(=O)C1CCC1)c1ccc(Cl)c(Cl)c1. The van der Waals surface area contributed by atoms with Gasteiger partial charge in [-0.1, -0.05) is 35.7 Å². The lowest BCUT2D eigenvalue weighted by Gasteiger charge is -2.26. The van der Waals surface area contributed by atoms with Crippen LogP contribution in [0.4, 0.5) is 0 Å². The lowest BCUT2D eigenvalue weighted by Crippen LogP contribution is -2.35. The standard InChI is InChI=1S/C13H15Cl2NO/c1-8(16-13(17)9-3-2-4-9)10-5-6-11(14)12(15)7-10/h5-9H,2-4H2,1H3,(H,16,17)/t8-/m1/s1. The third kappa shape index (κ3) is 2.93. The molecule has 0 spiro atoms. The molecule has 0 saturated heterocycles. The van der Waals surface area contributed by atoms with Gasteiger partial charge in [-0.2, -0.15) is 0 Å². The first-order valence-electron chi connectivity index (χ1n) is 5.83. The van der Waals surface area contributed by atoms with Gasteiger partial charge < -0.3 is 5.32 Å². The normalized spacial score (nSPS) is 17.4. The van der Waals surface area contributed by atoms with Gasteiger partial charge in [-0.05, 0) is 37.5 Å². The zero-order valence-electron chi connectivity index (χ0n) is 9.67. The molecule has 2 nitrogen and oxygen atoms in total. The van der Waals surface area contributed by atoms with E-state index in [2.05, 4.69) is 5.32 Å². The molecule has 1 N–H and O–H groups in total. The summed E-state index contributed by atoms with van der Waals surface area (Å²) in [6.45, 7) is 1.95. The molecule has 92 valence electrons. The van der Waals surface area contributed by atoms with E-state index in [1.54, 1.807) is 12.1 Å². The number of rotatable bonds is 3. The first-order chi connectivity index (χ1) is 8.08. The number of halogens is 2. The number of nitrogens with one attached hydrogen (secondary N) is 1. The van der Waals surface area contributed by atoms with Crippen molar-refractivity contribution in [1.29, 1.82) is 0 Å². The Hall–Kier alpha value is -0.730. The summed E-state index contributed by atoms with van der Waals surface area (Å²) in [6.07, 6.45) is 3.19. The van der Waals surface area contributed by atoms with E-state index in [1.165, 1.54) is 6.42 Å². The summed E-state index contributed by atoms with van der Waals surface area (Å²) in [7, 11) is 0. The topological polar surface area (TPSA) is 29.1 Å². The smallest absolute Gasteiger partial charge is 0.223 e. The van der Waals surface area contributed by atoms with Crippen molar-refractivity contribution in [3.05, 3.63) is 33.8 Å². The van der Waals surface area contributed by atoms with Crippen LogP contribution in [0.25, 0.3) is 0 Å². The fourth-order valence-corrected chi connectivity index (χ4v) is 2.17. The lowest BCUT2D eigenvalue weighted by molar-refractivity contribution is -0.128. The number of hydrogen-bond donors (Lipinski definition) is 1. The Kier molecular flexibility index (Phi) is 3.95. The molecule has 1 aromatic carbocycles. The molecule has 1 aliphatic carbocycles. The minimum atomic E-state index is -0.0298. The highest BCUT2D eigenvalue weighted by atomic mass is 35.5. The maximum atomic E-state index is 11.8. The number of carbonyl (C=O) groups is 1. The van der Waals surface area contributed by atoms with Gasteiger partial charge in [-0.25, -0.2) is 0 Å². The first kappa shape index (κ1) is 12.7. The Morgan fingerprint density at radius 1 is 1.35 bits per heavy atom. The average Bonchev–Trinajstić information content (AvgIpc) is 2.19. The van der Waals surface area contributed by atoms with Gasteiger partial charge in [-0.3, -0.25) is 4.79 Å². The predicted molar refractivity (Wildman–Crippen MR) is 70.4 cm³/mol. The Labute approximate surface area is 111 Å². The molecule has 1 aliphatic rings. The van der Waals surface area contributed by atoms with Crippen LogP contribution in [0.3, 0.4) is 0 Å². The second-order valence-electron chi connectivity index (χ2n) is 4.53. The van der Waals surface area contributed by atoms with Crippen LogP contribution in [0, 0.1) is 5.92 Å². The highest BCUT2D eigenvalue weighted by molar-refractivity contribution is 6.42. The monoisotopic (exact) mass is 271 g/mol. The van der Waals surface area contributed by atoms with Crippen LogP contribution in [-0.2, 0) is 4.79 Å². The summed E-state index contributed by atoms with van der Waals surface area (Å²) in [5, 5.41) is 4.06. The Morgan fingerprint density at radius 3 is 2.59 bits per heavy atom. The number of benzene rings is 1. The van der Waals surface area contributed by atoms with E-state index >= 15 is 0 Å². The molecular weight excluding hydrogens is 257 g/mol. The summed E-state index contributed by atoms with van der Waals surface area (Å²) in [6, 6.07) is 5.42. The van der Waals surface area contributed by atoms with Crippen molar-refractivity contribution >= 4 is 29.1 Å². The van der Waals surface area contributed by atoms with Gasteiger partial charge in [0.1, 0.15) is 0 Å². The molecule has 4 heteroatoms. The van der Waals surface area contributed by atoms with E-state index in [9.17, 15) is 4.79 Å². The van der Waals surface area contributed by atoms with Crippen molar-refractivity contribution in [3.63, 3.8) is 0 Å². The van der Waals surface area contributed by atoms with Crippen LogP contribution in [0.2, 0.25) is 10.0 Å². The van der Waals surface area contributed by atoms with Gasteiger partial charge in [0, 0.05) is 5.92 Å². The predicted octanol–water partition coefficient (Wildman–Crippen LogP) is 3.97. The van der Waals surface area contributed by atoms with Crippen molar-refractivity contribution in [2.75, 3.05) is 0 Å². The van der Waals surface area contributed by atoms with Crippen LogP contribution >= 0.6 is 23.2 Å². The van der Waals surface area contributed by atoms with Crippen molar-refractivity contribution < 1.29 is 4.79 Å². The van der Waals surface area contributed by atoms with Gasteiger partial charge in [0.15, 0.2) is 0 Å². The van der Waals surface area contributed by atoms with Crippen molar-refractivity contribution in [1.82, 2.24) is 5.32 Å². The third-order valence-corrected chi connectivity index (χ3v) is 4.02. The van der Waals surface area contributed by atoms with E-state index in [-0.39, 0.29) is 17.9 Å². The van der Waals surface area contributed by atoms with Crippen molar-refractivity contribution in [2.45, 2.75) is 32.2 Å². The van der Waals surface area contributed by atoms with E-state index in [4.69, 9.17) is 23.2 Å². The molecular formula is C13H15Cl2NO. The summed E-state index contributed by atoms with van der Waals surface area (Å²) in [5.74, 6) is 0.357. The molecule has 0 unspecified atom stereocenters. The van der Waals surface area contributed by atoms with E-state index in [0.717, 1.165) is 18.4 Å². The fourth-order valence-electron chi connectivity index (χ4n) is 1.87. The molecule has 1 fully saturated rings. The Morgan fingerprint density at radius 2 is 2.06 bits per heavy atom. The minimum Gasteiger partial charge on any atom is -0.349 e. The van der Waals surface area contributed by atoms with Gasteiger partial charge in [0.25, 0.3) is 0 Å². The molecule has 0 bridgehead atoms. The summed E-state index contributed by atoms with van der Waals surface area (Å²) in [5.41, 5.74) is 0.979. The van der Waals surface area contributed by atoms with E-state index < -0.39 is 0 Å². The van der Waals surface area contributed by atoms with Crippen LogP contribution in [0.1, 0.15) is 37.8 Å². The second-order valence-corrected chi connectivity index (χ2v) is 5.35. The zero-order chi connectivity index (χ0) is 12.4. The van der Waals surface area contributed by atoms with Gasteiger partial charge in [0.2, 0.25) is 5.91 Å². The summed E-state index contributed by atoms with van der Waals surface area (Å²) in [4.78, 5) is 11.8. The summed E-state index contributed by atoms with van der Waals surface area (Å²) >= 11 is 11.8. The van der Waals surface area contributed by atoms with Gasteiger partial charge >= 0.3 is 0 Å². The molecule has 0 radical (unpaired) electrons. The molecule has 0 heterocycles. The zero-order valence-corrected chi connectivity index (χ0v) is 11.2. The average molecular weight is 272 g/mol. The van der Waals surface area contributed by atoms with E-state index in [0.29, 0.717) is 10.0 Å². The number of hydrogen-bond acceptors (Lipinski definition) is 1. The van der Waals surface area contributed by atoms with Crippen LogP contribution in [0.5, 0.6) is 0 Å². The molecule has 2 rings (SSSR count). The molecule has 0 aromatic heterocycles. The minimum absolute atomic E-state index is 0.0298. The fraction of sp³-hybridized carbons (Fsp3) is 0.462. The maximum absolute atomic E-state index is 11.8. The maximum Gasteiger partial charge on any atom is 0.223 e. The van der Waals surface area contributed by atoms with Crippen LogP contribution < -0.4 is 5.32 Å². The number of amides is 1. The van der Waals surface area contributed by atoms with Crippen LogP contribution in [0.15, 0.2) is 18.2 Å². The molecule has 17 heavy (non-hydrogen) atoms. The third-order valence-electron chi connectivity index (χ3n) is 3.28. The Bertz CT molecular complexity index is 429. The lowest BCUT2D eigenvalue weighted by atomic mass is 9.84. The van der Waals surface area contributed by atoms with Crippen LogP contribution in [-0.4, -0.2) is 5.91 Å². The molecule has 1 saturated carbocycles. The highest BCUT2D eigenvalue weighted by Crippen LogP contribution is 2.28. The Balaban J connectivity index is 2.00. The molecule has 1 aromatic rings. The van der Waals surface area contributed by atoms with E-state index in [1.807, 2.05) is 13.0 Å². The number of carbonyl (C=O) groups excluding carboxylic acids is 1. The largest absolute Gasteiger partial charge is 0.349 e. The molecule has 1 amide bonds. The quantitative estimate of drug-likeness (QED) is 0.886. The summed E-state index contributed by atoms with van der Waals surface area (Å²) < 4.78 is 0.